The van der Waals surface area contributed by atoms with E-state index in [0.717, 1.165) is 16.5 Å². The Morgan fingerprint density at radius 2 is 1.54 bits per heavy atom. The number of pyridine rings is 1. The average molecular weight is 655 g/mol. The summed E-state index contributed by atoms with van der Waals surface area (Å²) in [4.78, 5) is 59.9. The van der Waals surface area contributed by atoms with Gasteiger partial charge in [-0.25, -0.2) is 9.88 Å². The smallest absolute Gasteiger partial charge is 0.405 e. The van der Waals surface area contributed by atoms with Crippen LogP contribution in [0.1, 0.15) is 64.3 Å². The number of anilines is 1. The fourth-order valence-corrected chi connectivity index (χ4v) is 5.95. The van der Waals surface area contributed by atoms with E-state index in [0.29, 0.717) is 32.1 Å². The summed E-state index contributed by atoms with van der Waals surface area (Å²) in [7, 11) is 0. The lowest BCUT2D eigenvalue weighted by molar-refractivity contribution is -0.274. The summed E-state index contributed by atoms with van der Waals surface area (Å²) in [5, 5.41) is 2.87. The van der Waals surface area contributed by atoms with Gasteiger partial charge in [-0.15, -0.1) is 13.2 Å². The van der Waals surface area contributed by atoms with Crippen LogP contribution in [0.3, 0.4) is 0 Å². The highest BCUT2D eigenvalue weighted by atomic mass is 35.5. The molecular formula is C33H30ClF3N4O5. The fraction of sp³-hybridized carbons (Fsp3) is 0.364. The number of nitrogens with zero attached hydrogens (tertiary/aromatic N) is 3. The number of carbonyl (C=O) groups excluding carboxylic acids is 4. The predicted octanol–water partition coefficient (Wildman–Crippen LogP) is 5.74. The molecule has 2 atom stereocenters. The third-order valence-electron chi connectivity index (χ3n) is 8.38. The topological polar surface area (TPSA) is 109 Å². The summed E-state index contributed by atoms with van der Waals surface area (Å²) in [6, 6.07) is 15.2. The second-order valence-electron chi connectivity index (χ2n) is 11.8. The van der Waals surface area contributed by atoms with Crippen molar-refractivity contribution in [2.75, 3.05) is 18.0 Å². The number of imide groups is 1. The molecule has 1 aromatic heterocycles. The summed E-state index contributed by atoms with van der Waals surface area (Å²) < 4.78 is 43.0. The van der Waals surface area contributed by atoms with Gasteiger partial charge < -0.3 is 15.0 Å². The minimum Gasteiger partial charge on any atom is -0.405 e. The lowest BCUT2D eigenvalue weighted by Gasteiger charge is -2.39. The van der Waals surface area contributed by atoms with E-state index in [2.05, 4.69) is 15.0 Å². The molecule has 2 aliphatic carbocycles. The Morgan fingerprint density at radius 3 is 2.15 bits per heavy atom. The Bertz CT molecular complexity index is 1640. The number of halogens is 4. The molecule has 4 amide bonds. The Hall–Kier alpha value is -4.45. The van der Waals surface area contributed by atoms with Crippen molar-refractivity contribution in [1.82, 2.24) is 15.2 Å². The van der Waals surface area contributed by atoms with Crippen LogP contribution >= 0.6 is 11.6 Å². The monoisotopic (exact) mass is 654 g/mol. The molecule has 13 heteroatoms. The highest BCUT2D eigenvalue weighted by Crippen LogP contribution is 2.39. The van der Waals surface area contributed by atoms with Crippen molar-refractivity contribution in [1.29, 1.82) is 0 Å². The number of nitrogens with one attached hydrogen (secondary N) is 1. The van der Waals surface area contributed by atoms with E-state index >= 15 is 0 Å². The summed E-state index contributed by atoms with van der Waals surface area (Å²) in [5.41, 5.74) is 0.726. The molecule has 0 bridgehead atoms. The number of carbonyl (C=O) groups is 4. The maximum atomic E-state index is 13.7. The lowest BCUT2D eigenvalue weighted by atomic mass is 9.85. The standard InChI is InChI=1S/C33H30ClF3N4O5/c34-25-16-22(17-38-28(25)41(31(44)20-10-11-20)32(45)21-12-13-21)30(43)40-15-14-26(24(18-40)19-6-2-1-3-7-19)39-29(42)23-8-4-5-9-27(23)46-33(35,36)37/h1-9,16-17,20-21,24,26H,10-15,18H2,(H,39,42)/t24-,26-/m1/s1. The second kappa shape index (κ2) is 12.7. The molecule has 3 aliphatic rings. The van der Waals surface area contributed by atoms with Crippen LogP contribution < -0.4 is 15.0 Å². The number of hydrogen-bond donors (Lipinski definition) is 1. The van der Waals surface area contributed by atoms with Crippen molar-refractivity contribution < 1.29 is 37.1 Å². The summed E-state index contributed by atoms with van der Waals surface area (Å²) in [6.07, 6.45) is -0.550. The van der Waals surface area contributed by atoms with Crippen molar-refractivity contribution in [2.45, 2.75) is 50.4 Å². The van der Waals surface area contributed by atoms with Gasteiger partial charge in [-0.05, 0) is 55.9 Å². The number of amides is 4. The Balaban J connectivity index is 1.21. The van der Waals surface area contributed by atoms with Gasteiger partial charge in [-0.2, -0.15) is 0 Å². The van der Waals surface area contributed by atoms with Gasteiger partial charge in [0.25, 0.3) is 11.8 Å². The van der Waals surface area contributed by atoms with Crippen LogP contribution in [0.25, 0.3) is 0 Å². The van der Waals surface area contributed by atoms with Crippen molar-refractivity contribution >= 4 is 41.0 Å². The molecule has 3 fully saturated rings. The minimum atomic E-state index is -4.97. The average Bonchev–Trinajstić information content (AvgIpc) is 3.95. The van der Waals surface area contributed by atoms with Crippen LogP contribution in [0.5, 0.6) is 5.75 Å². The Kier molecular flexibility index (Phi) is 8.73. The van der Waals surface area contributed by atoms with Crippen LogP contribution in [0.15, 0.2) is 66.9 Å². The number of para-hydroxylation sites is 1. The number of benzene rings is 2. The summed E-state index contributed by atoms with van der Waals surface area (Å²) >= 11 is 6.55. The molecule has 1 N–H and O–H groups in total. The molecule has 1 aliphatic heterocycles. The van der Waals surface area contributed by atoms with Gasteiger partial charge in [0, 0.05) is 43.1 Å². The van der Waals surface area contributed by atoms with E-state index in [-0.39, 0.29) is 64.6 Å². The third-order valence-corrected chi connectivity index (χ3v) is 8.65. The van der Waals surface area contributed by atoms with Crippen molar-refractivity contribution in [2.24, 2.45) is 11.8 Å². The number of piperidine rings is 1. The second-order valence-corrected chi connectivity index (χ2v) is 12.2. The molecule has 2 saturated carbocycles. The molecular weight excluding hydrogens is 625 g/mol. The largest absolute Gasteiger partial charge is 0.573 e. The third kappa shape index (κ3) is 7.01. The molecule has 6 rings (SSSR count). The van der Waals surface area contributed by atoms with Crippen LogP contribution in [0.4, 0.5) is 19.0 Å². The van der Waals surface area contributed by atoms with Crippen LogP contribution in [-0.4, -0.2) is 59.0 Å². The van der Waals surface area contributed by atoms with Gasteiger partial charge in [0.2, 0.25) is 11.8 Å². The zero-order chi connectivity index (χ0) is 32.6. The molecule has 2 aromatic carbocycles. The van der Waals surface area contributed by atoms with Crippen LogP contribution in [0.2, 0.25) is 5.02 Å². The molecule has 240 valence electrons. The highest BCUT2D eigenvalue weighted by molar-refractivity contribution is 6.35. The van der Waals surface area contributed by atoms with Gasteiger partial charge in [-0.3, -0.25) is 19.2 Å². The van der Waals surface area contributed by atoms with E-state index in [1.54, 1.807) is 4.90 Å². The zero-order valence-corrected chi connectivity index (χ0v) is 25.3. The van der Waals surface area contributed by atoms with Gasteiger partial charge in [-0.1, -0.05) is 54.1 Å². The quantitative estimate of drug-likeness (QED) is 0.310. The summed E-state index contributed by atoms with van der Waals surface area (Å²) in [5.74, 6) is -3.23. The van der Waals surface area contributed by atoms with Gasteiger partial charge in [0.1, 0.15) is 5.75 Å². The first-order valence-corrected chi connectivity index (χ1v) is 15.4. The molecule has 3 aromatic rings. The van der Waals surface area contributed by atoms with Crippen LogP contribution in [0, 0.1) is 11.8 Å². The van der Waals surface area contributed by atoms with Crippen molar-refractivity contribution in [3.8, 4) is 5.75 Å². The van der Waals surface area contributed by atoms with Crippen LogP contribution in [-0.2, 0) is 9.59 Å². The van der Waals surface area contributed by atoms with E-state index in [1.165, 1.54) is 30.5 Å². The van der Waals surface area contributed by atoms with E-state index in [1.807, 2.05) is 30.3 Å². The first-order chi connectivity index (χ1) is 22.0. The summed E-state index contributed by atoms with van der Waals surface area (Å²) in [6.45, 7) is 0.403. The van der Waals surface area contributed by atoms with Crippen molar-refractivity contribution in [3.05, 3.63) is 88.6 Å². The van der Waals surface area contributed by atoms with E-state index in [4.69, 9.17) is 11.6 Å². The van der Waals surface area contributed by atoms with E-state index in [9.17, 15) is 32.3 Å². The molecule has 1 saturated heterocycles. The molecule has 46 heavy (non-hydrogen) atoms. The van der Waals surface area contributed by atoms with Gasteiger partial charge >= 0.3 is 6.36 Å². The van der Waals surface area contributed by atoms with E-state index < -0.39 is 30.0 Å². The number of ether oxygens (including phenoxy) is 1. The molecule has 9 nitrogen and oxygen atoms in total. The number of alkyl halides is 3. The lowest BCUT2D eigenvalue weighted by Crippen LogP contribution is -2.51. The maximum Gasteiger partial charge on any atom is 0.573 e. The number of likely N-dealkylation sites (tertiary alicyclic amines) is 1. The van der Waals surface area contributed by atoms with Gasteiger partial charge in [0.15, 0.2) is 5.82 Å². The fourth-order valence-electron chi connectivity index (χ4n) is 5.70. The molecule has 0 radical (unpaired) electrons. The van der Waals surface area contributed by atoms with Gasteiger partial charge in [0.05, 0.1) is 16.1 Å². The first-order valence-electron chi connectivity index (χ1n) is 15.0. The number of hydrogen-bond acceptors (Lipinski definition) is 6. The van der Waals surface area contributed by atoms with Crippen molar-refractivity contribution in [3.63, 3.8) is 0 Å². The molecule has 0 spiro atoms. The molecule has 2 heterocycles. The zero-order valence-electron chi connectivity index (χ0n) is 24.5. The minimum absolute atomic E-state index is 0.00958. The number of rotatable bonds is 8. The molecule has 0 unspecified atom stereocenters. The Morgan fingerprint density at radius 1 is 0.913 bits per heavy atom. The first kappa shape index (κ1) is 31.5. The number of aromatic nitrogens is 1. The SMILES string of the molecule is O=C(N[C@@H]1CCN(C(=O)c2cnc(N(C(=O)C3CC3)C(=O)C3CC3)c(Cl)c2)C[C@@H]1c1ccccc1)c1ccccc1OC(F)(F)F. The normalized spacial score (nSPS) is 19.7. The maximum absolute atomic E-state index is 13.7. The Labute approximate surface area is 267 Å². The predicted molar refractivity (Wildman–Crippen MR) is 161 cm³/mol. The highest BCUT2D eigenvalue weighted by Gasteiger charge is 2.43.